The van der Waals surface area contributed by atoms with E-state index in [9.17, 15) is 8.78 Å². The number of nitrogens with two attached hydrogens (primary N) is 1. The molecule has 1 aromatic carbocycles. The van der Waals surface area contributed by atoms with Crippen LogP contribution in [-0.2, 0) is 6.42 Å². The predicted molar refractivity (Wildman–Crippen MR) is 58.3 cm³/mol. The highest BCUT2D eigenvalue weighted by Gasteiger charge is 2.33. The van der Waals surface area contributed by atoms with E-state index in [2.05, 4.69) is 0 Å². The molecule has 0 saturated heterocycles. The van der Waals surface area contributed by atoms with Gasteiger partial charge in [-0.1, -0.05) is 30.7 Å². The Morgan fingerprint density at radius 1 is 1.33 bits per heavy atom. The molecule has 15 heavy (non-hydrogen) atoms. The van der Waals surface area contributed by atoms with E-state index < -0.39 is 11.8 Å². The van der Waals surface area contributed by atoms with Crippen molar-refractivity contribution in [2.24, 2.45) is 11.1 Å². The van der Waals surface area contributed by atoms with Gasteiger partial charge in [0.2, 0.25) is 6.43 Å². The molecule has 0 aromatic heterocycles. The quantitative estimate of drug-likeness (QED) is 0.850. The maximum Gasteiger partial charge on any atom is 0.245 e. The van der Waals surface area contributed by atoms with E-state index in [0.717, 1.165) is 5.56 Å². The number of hydrogen-bond donors (Lipinski definition) is 1. The van der Waals surface area contributed by atoms with Crippen molar-refractivity contribution in [2.75, 3.05) is 6.54 Å². The van der Waals surface area contributed by atoms with Crippen molar-refractivity contribution in [3.05, 3.63) is 34.9 Å². The standard InChI is InChI=1S/C11H14ClF2N/c1-11(7-15,10(13)14)6-8-2-4-9(12)5-3-8/h2-5,10H,6-7,15H2,1H3. The summed E-state index contributed by atoms with van der Waals surface area (Å²) in [6, 6.07) is 6.88. The summed E-state index contributed by atoms with van der Waals surface area (Å²) in [6.45, 7) is 1.46. The maximum atomic E-state index is 12.7. The highest BCUT2D eigenvalue weighted by molar-refractivity contribution is 6.30. The van der Waals surface area contributed by atoms with Crippen LogP contribution in [0.5, 0.6) is 0 Å². The summed E-state index contributed by atoms with van der Waals surface area (Å²) in [4.78, 5) is 0. The Hall–Kier alpha value is -0.670. The minimum absolute atomic E-state index is 0.0344. The summed E-state index contributed by atoms with van der Waals surface area (Å²) in [5.74, 6) is 0. The van der Waals surface area contributed by atoms with Gasteiger partial charge < -0.3 is 5.73 Å². The third kappa shape index (κ3) is 3.14. The second-order valence-electron chi connectivity index (χ2n) is 3.96. The molecule has 4 heteroatoms. The molecular weight excluding hydrogens is 220 g/mol. The van der Waals surface area contributed by atoms with Crippen LogP contribution in [0.2, 0.25) is 5.02 Å². The summed E-state index contributed by atoms with van der Waals surface area (Å²) in [6.07, 6.45) is -2.16. The molecule has 0 aliphatic carbocycles. The monoisotopic (exact) mass is 233 g/mol. The molecular formula is C11H14ClF2N. The first-order chi connectivity index (χ1) is 6.98. The largest absolute Gasteiger partial charge is 0.330 e. The predicted octanol–water partition coefficient (Wildman–Crippen LogP) is 3.11. The number of rotatable bonds is 4. The van der Waals surface area contributed by atoms with Gasteiger partial charge in [0, 0.05) is 17.0 Å². The van der Waals surface area contributed by atoms with Gasteiger partial charge >= 0.3 is 0 Å². The van der Waals surface area contributed by atoms with Crippen LogP contribution in [0.25, 0.3) is 0 Å². The third-order valence-corrected chi connectivity index (χ3v) is 2.77. The van der Waals surface area contributed by atoms with Crippen molar-refractivity contribution in [1.29, 1.82) is 0 Å². The summed E-state index contributed by atoms with van der Waals surface area (Å²) >= 11 is 5.71. The highest BCUT2D eigenvalue weighted by atomic mass is 35.5. The molecule has 0 fully saturated rings. The van der Waals surface area contributed by atoms with Gasteiger partial charge in [-0.3, -0.25) is 0 Å². The third-order valence-electron chi connectivity index (χ3n) is 2.51. The van der Waals surface area contributed by atoms with Gasteiger partial charge in [-0.25, -0.2) is 8.78 Å². The van der Waals surface area contributed by atoms with E-state index in [1.807, 2.05) is 0 Å². The zero-order chi connectivity index (χ0) is 11.5. The summed E-state index contributed by atoms with van der Waals surface area (Å²) in [5, 5.41) is 0.602. The molecule has 1 aromatic rings. The Kier molecular flexibility index (Phi) is 4.05. The van der Waals surface area contributed by atoms with E-state index in [0.29, 0.717) is 5.02 Å². The van der Waals surface area contributed by atoms with Crippen molar-refractivity contribution in [3.8, 4) is 0 Å². The second kappa shape index (κ2) is 4.90. The minimum Gasteiger partial charge on any atom is -0.330 e. The molecule has 0 heterocycles. The molecule has 84 valence electrons. The van der Waals surface area contributed by atoms with E-state index >= 15 is 0 Å². The first-order valence-electron chi connectivity index (χ1n) is 4.70. The van der Waals surface area contributed by atoms with Gasteiger partial charge in [0.15, 0.2) is 0 Å². The van der Waals surface area contributed by atoms with Gasteiger partial charge in [0.25, 0.3) is 0 Å². The Bertz CT molecular complexity index is 313. The van der Waals surface area contributed by atoms with Crippen LogP contribution in [-0.4, -0.2) is 13.0 Å². The molecule has 0 aliphatic heterocycles. The van der Waals surface area contributed by atoms with Crippen molar-refractivity contribution >= 4 is 11.6 Å². The lowest BCUT2D eigenvalue weighted by molar-refractivity contribution is 0.0133. The topological polar surface area (TPSA) is 26.0 Å². The number of hydrogen-bond acceptors (Lipinski definition) is 1. The lowest BCUT2D eigenvalue weighted by Gasteiger charge is -2.26. The van der Waals surface area contributed by atoms with Crippen molar-refractivity contribution < 1.29 is 8.78 Å². The molecule has 0 spiro atoms. The Labute approximate surface area is 93.2 Å². The first kappa shape index (κ1) is 12.4. The zero-order valence-corrected chi connectivity index (χ0v) is 9.27. The normalized spacial score (nSPS) is 15.3. The van der Waals surface area contributed by atoms with Crippen molar-refractivity contribution in [3.63, 3.8) is 0 Å². The summed E-state index contributed by atoms with van der Waals surface area (Å²) < 4.78 is 25.5. The van der Waals surface area contributed by atoms with Crippen LogP contribution in [0.3, 0.4) is 0 Å². The summed E-state index contributed by atoms with van der Waals surface area (Å²) in [7, 11) is 0. The van der Waals surface area contributed by atoms with Crippen LogP contribution in [0.15, 0.2) is 24.3 Å². The van der Waals surface area contributed by atoms with Crippen molar-refractivity contribution in [1.82, 2.24) is 0 Å². The summed E-state index contributed by atoms with van der Waals surface area (Å²) in [5.41, 5.74) is 5.05. The lowest BCUT2D eigenvalue weighted by Crippen LogP contribution is -2.36. The smallest absolute Gasteiger partial charge is 0.245 e. The maximum absolute atomic E-state index is 12.7. The van der Waals surface area contributed by atoms with E-state index in [1.54, 1.807) is 24.3 Å². The van der Waals surface area contributed by atoms with Gasteiger partial charge in [-0.15, -0.1) is 0 Å². The van der Waals surface area contributed by atoms with Crippen molar-refractivity contribution in [2.45, 2.75) is 19.8 Å². The molecule has 1 atom stereocenters. The van der Waals surface area contributed by atoms with Gasteiger partial charge in [-0.2, -0.15) is 0 Å². The van der Waals surface area contributed by atoms with Gasteiger partial charge in [-0.05, 0) is 24.1 Å². The van der Waals surface area contributed by atoms with Crippen LogP contribution < -0.4 is 5.73 Å². The van der Waals surface area contributed by atoms with E-state index in [-0.39, 0.29) is 13.0 Å². The Balaban J connectivity index is 2.79. The lowest BCUT2D eigenvalue weighted by atomic mass is 9.84. The van der Waals surface area contributed by atoms with E-state index in [4.69, 9.17) is 17.3 Å². The molecule has 0 amide bonds. The minimum atomic E-state index is -2.42. The SMILES string of the molecule is CC(CN)(Cc1ccc(Cl)cc1)C(F)F. The molecule has 1 rings (SSSR count). The highest BCUT2D eigenvalue weighted by Crippen LogP contribution is 2.29. The van der Waals surface area contributed by atoms with Gasteiger partial charge in [0.05, 0.1) is 0 Å². The number of alkyl halides is 2. The van der Waals surface area contributed by atoms with E-state index in [1.165, 1.54) is 6.92 Å². The molecule has 2 N–H and O–H groups in total. The van der Waals surface area contributed by atoms with Gasteiger partial charge in [0.1, 0.15) is 0 Å². The molecule has 1 nitrogen and oxygen atoms in total. The average molecular weight is 234 g/mol. The molecule has 0 bridgehead atoms. The van der Waals surface area contributed by atoms with Crippen LogP contribution in [0.1, 0.15) is 12.5 Å². The fraction of sp³-hybridized carbons (Fsp3) is 0.455. The number of halogens is 3. The van der Waals surface area contributed by atoms with Crippen LogP contribution in [0, 0.1) is 5.41 Å². The Morgan fingerprint density at radius 3 is 2.27 bits per heavy atom. The molecule has 0 saturated carbocycles. The molecule has 0 radical (unpaired) electrons. The average Bonchev–Trinajstić information content (AvgIpc) is 2.21. The fourth-order valence-electron chi connectivity index (χ4n) is 1.31. The zero-order valence-electron chi connectivity index (χ0n) is 8.51. The van der Waals surface area contributed by atoms with Crippen LogP contribution >= 0.6 is 11.6 Å². The first-order valence-corrected chi connectivity index (χ1v) is 5.08. The molecule has 1 unspecified atom stereocenters. The molecule has 0 aliphatic rings. The second-order valence-corrected chi connectivity index (χ2v) is 4.40. The fourth-order valence-corrected chi connectivity index (χ4v) is 1.43. The number of benzene rings is 1. The van der Waals surface area contributed by atoms with Crippen LogP contribution in [0.4, 0.5) is 8.78 Å². The Morgan fingerprint density at radius 2 is 1.87 bits per heavy atom.